The summed E-state index contributed by atoms with van der Waals surface area (Å²) in [6, 6.07) is 7.27. The Balaban J connectivity index is 2.11. The quantitative estimate of drug-likeness (QED) is 0.853. The molecule has 2 rings (SSSR count). The number of thioether (sulfide) groups is 1. The van der Waals surface area contributed by atoms with Gasteiger partial charge in [0.05, 0.1) is 12.2 Å². The number of aromatic nitrogens is 1. The molecule has 0 fully saturated rings. The van der Waals surface area contributed by atoms with Crippen molar-refractivity contribution in [3.05, 3.63) is 41.8 Å². The molecular weight excluding hydrogens is 307 g/mol. The van der Waals surface area contributed by atoms with E-state index in [9.17, 15) is 14.3 Å². The van der Waals surface area contributed by atoms with Crippen LogP contribution in [0.5, 0.6) is 0 Å². The highest BCUT2D eigenvalue weighted by atomic mass is 32.2. The van der Waals surface area contributed by atoms with Crippen molar-refractivity contribution in [1.82, 2.24) is 10.5 Å². The van der Waals surface area contributed by atoms with Gasteiger partial charge < -0.3 is 14.9 Å². The van der Waals surface area contributed by atoms with E-state index in [1.165, 1.54) is 23.9 Å². The van der Waals surface area contributed by atoms with Crippen LogP contribution in [0.2, 0.25) is 0 Å². The molecule has 2 aromatic rings. The second kappa shape index (κ2) is 7.42. The summed E-state index contributed by atoms with van der Waals surface area (Å²) in [6.07, 6.45) is 1.86. The van der Waals surface area contributed by atoms with E-state index in [0.29, 0.717) is 0 Å². The Morgan fingerprint density at radius 3 is 2.86 bits per heavy atom. The lowest BCUT2D eigenvalue weighted by Gasteiger charge is -2.20. The van der Waals surface area contributed by atoms with Crippen LogP contribution in [0, 0.1) is 5.82 Å². The molecule has 0 saturated carbocycles. The van der Waals surface area contributed by atoms with Crippen LogP contribution in [0.15, 0.2) is 34.9 Å². The normalized spacial score (nSPS) is 13.6. The molecule has 0 aliphatic rings. The first kappa shape index (κ1) is 16.5. The molecule has 0 aliphatic carbocycles. The van der Waals surface area contributed by atoms with Crippen LogP contribution in [-0.2, 0) is 0 Å². The summed E-state index contributed by atoms with van der Waals surface area (Å²) in [6.45, 7) is 1.76. The van der Waals surface area contributed by atoms with Crippen molar-refractivity contribution in [2.45, 2.75) is 18.2 Å². The van der Waals surface area contributed by atoms with Gasteiger partial charge in [-0.1, -0.05) is 17.3 Å². The molecule has 0 spiro atoms. The molecule has 0 aliphatic heterocycles. The average molecular weight is 324 g/mol. The lowest BCUT2D eigenvalue weighted by atomic mass is 10.1. The number of aliphatic hydroxyl groups is 1. The lowest BCUT2D eigenvalue weighted by molar-refractivity contribution is 0.0927. The zero-order valence-electron chi connectivity index (χ0n) is 12.2. The van der Waals surface area contributed by atoms with Gasteiger partial charge in [0.25, 0.3) is 5.91 Å². The second-order valence-corrected chi connectivity index (χ2v) is 5.85. The Morgan fingerprint density at radius 1 is 1.50 bits per heavy atom. The number of rotatable bonds is 6. The van der Waals surface area contributed by atoms with Crippen LogP contribution >= 0.6 is 11.8 Å². The molecule has 118 valence electrons. The zero-order chi connectivity index (χ0) is 16.1. The number of nitrogens with one attached hydrogen (secondary N) is 1. The summed E-state index contributed by atoms with van der Waals surface area (Å²) in [4.78, 5) is 12.1. The van der Waals surface area contributed by atoms with Crippen LogP contribution in [0.25, 0.3) is 11.3 Å². The van der Waals surface area contributed by atoms with Crippen molar-refractivity contribution >= 4 is 17.7 Å². The maximum absolute atomic E-state index is 13.7. The molecule has 2 N–H and O–H groups in total. The topological polar surface area (TPSA) is 75.4 Å². The lowest BCUT2D eigenvalue weighted by Crippen LogP contribution is -2.41. The minimum Gasteiger partial charge on any atom is -0.395 e. The van der Waals surface area contributed by atoms with Gasteiger partial charge in [-0.05, 0) is 25.3 Å². The second-order valence-electron chi connectivity index (χ2n) is 4.78. The zero-order valence-corrected chi connectivity index (χ0v) is 13.1. The van der Waals surface area contributed by atoms with Gasteiger partial charge in [-0.15, -0.1) is 0 Å². The molecule has 1 aromatic carbocycles. The van der Waals surface area contributed by atoms with E-state index in [-0.39, 0.29) is 34.9 Å². The van der Waals surface area contributed by atoms with Gasteiger partial charge in [0.1, 0.15) is 5.82 Å². The van der Waals surface area contributed by atoms with Crippen LogP contribution < -0.4 is 5.32 Å². The van der Waals surface area contributed by atoms with E-state index in [4.69, 9.17) is 4.52 Å². The molecule has 22 heavy (non-hydrogen) atoms. The fraction of sp³-hybridized carbons (Fsp3) is 0.333. The Hall–Kier alpha value is -1.86. The smallest absolute Gasteiger partial charge is 0.273 e. The van der Waals surface area contributed by atoms with Crippen molar-refractivity contribution in [3.63, 3.8) is 0 Å². The summed E-state index contributed by atoms with van der Waals surface area (Å²) in [5, 5.41) is 15.5. The predicted octanol–water partition coefficient (Wildman–Crippen LogP) is 2.32. The third-order valence-corrected chi connectivity index (χ3v) is 4.44. The molecular formula is C15H17FN2O3S. The number of aliphatic hydroxyl groups excluding tert-OH is 1. The number of benzene rings is 1. The SMILES string of the molecule is CSC(CO)C(C)NC(=O)c1cc(-c2ccccc2F)on1. The standard InChI is InChI=1S/C15H17FN2O3S/c1-9(14(8-19)22-2)17-15(20)12-7-13(21-18-12)10-5-3-4-6-11(10)16/h3-7,9,14,19H,8H2,1-2H3,(H,17,20). The maximum Gasteiger partial charge on any atom is 0.273 e. The van der Waals surface area contributed by atoms with Crippen LogP contribution in [0.1, 0.15) is 17.4 Å². The molecule has 1 heterocycles. The van der Waals surface area contributed by atoms with Gasteiger partial charge in [-0.25, -0.2) is 4.39 Å². The van der Waals surface area contributed by atoms with Crippen LogP contribution in [0.4, 0.5) is 4.39 Å². The molecule has 0 saturated heterocycles. The predicted molar refractivity (Wildman–Crippen MR) is 83.2 cm³/mol. The highest BCUT2D eigenvalue weighted by molar-refractivity contribution is 7.99. The van der Waals surface area contributed by atoms with Gasteiger partial charge in [0, 0.05) is 17.4 Å². The summed E-state index contributed by atoms with van der Waals surface area (Å²) >= 11 is 1.46. The van der Waals surface area contributed by atoms with E-state index in [0.717, 1.165) is 0 Å². The Labute approximate surface area is 131 Å². The van der Waals surface area contributed by atoms with E-state index in [1.54, 1.807) is 25.1 Å². The van der Waals surface area contributed by atoms with E-state index >= 15 is 0 Å². The third-order valence-electron chi connectivity index (χ3n) is 3.28. The summed E-state index contributed by atoms with van der Waals surface area (Å²) in [7, 11) is 0. The van der Waals surface area contributed by atoms with Crippen LogP contribution in [0.3, 0.4) is 0 Å². The van der Waals surface area contributed by atoms with E-state index in [2.05, 4.69) is 10.5 Å². The highest BCUT2D eigenvalue weighted by Gasteiger charge is 2.21. The first-order valence-corrected chi connectivity index (χ1v) is 8.01. The number of amides is 1. The number of hydrogen-bond acceptors (Lipinski definition) is 5. The minimum absolute atomic E-state index is 0.0398. The van der Waals surface area contributed by atoms with Gasteiger partial charge >= 0.3 is 0 Å². The van der Waals surface area contributed by atoms with Crippen molar-refractivity contribution in [1.29, 1.82) is 0 Å². The highest BCUT2D eigenvalue weighted by Crippen LogP contribution is 2.23. The fourth-order valence-corrected chi connectivity index (χ4v) is 2.61. The number of hydrogen-bond donors (Lipinski definition) is 2. The molecule has 0 radical (unpaired) electrons. The van der Waals surface area contributed by atoms with Crippen molar-refractivity contribution in [2.24, 2.45) is 0 Å². The first-order chi connectivity index (χ1) is 10.6. The van der Waals surface area contributed by atoms with Gasteiger partial charge in [0.15, 0.2) is 11.5 Å². The van der Waals surface area contributed by atoms with E-state index < -0.39 is 11.7 Å². The monoisotopic (exact) mass is 324 g/mol. The number of carbonyl (C=O) groups excluding carboxylic acids is 1. The minimum atomic E-state index is -0.443. The number of nitrogens with zero attached hydrogens (tertiary/aromatic N) is 1. The van der Waals surface area contributed by atoms with Crippen LogP contribution in [-0.4, -0.2) is 40.3 Å². The first-order valence-electron chi connectivity index (χ1n) is 6.73. The molecule has 2 atom stereocenters. The Bertz CT molecular complexity index is 643. The summed E-state index contributed by atoms with van der Waals surface area (Å²) < 4.78 is 18.7. The molecule has 0 bridgehead atoms. The third kappa shape index (κ3) is 3.66. The molecule has 2 unspecified atom stereocenters. The largest absolute Gasteiger partial charge is 0.395 e. The number of halogens is 1. The number of carbonyl (C=O) groups is 1. The molecule has 1 aromatic heterocycles. The fourth-order valence-electron chi connectivity index (χ4n) is 1.98. The molecule has 1 amide bonds. The van der Waals surface area contributed by atoms with Crippen molar-refractivity contribution in [2.75, 3.05) is 12.9 Å². The van der Waals surface area contributed by atoms with Gasteiger partial charge in [0.2, 0.25) is 0 Å². The van der Waals surface area contributed by atoms with Gasteiger partial charge in [-0.3, -0.25) is 4.79 Å². The Morgan fingerprint density at radius 2 is 2.23 bits per heavy atom. The summed E-state index contributed by atoms with van der Waals surface area (Å²) in [5.74, 6) is -0.674. The Kier molecular flexibility index (Phi) is 5.57. The van der Waals surface area contributed by atoms with Crippen molar-refractivity contribution < 1.29 is 18.8 Å². The maximum atomic E-state index is 13.7. The molecule has 5 nitrogen and oxygen atoms in total. The molecule has 7 heteroatoms. The van der Waals surface area contributed by atoms with Crippen molar-refractivity contribution in [3.8, 4) is 11.3 Å². The van der Waals surface area contributed by atoms with Gasteiger partial charge in [-0.2, -0.15) is 11.8 Å². The van der Waals surface area contributed by atoms with E-state index in [1.807, 2.05) is 6.26 Å². The summed E-state index contributed by atoms with van der Waals surface area (Å²) in [5.41, 5.74) is 0.322. The average Bonchev–Trinajstić information content (AvgIpc) is 2.98.